The molecule has 1 heterocycles. The first-order valence-electron chi connectivity index (χ1n) is 5.87. The van der Waals surface area contributed by atoms with Crippen molar-refractivity contribution < 1.29 is 0 Å². The fourth-order valence-corrected chi connectivity index (χ4v) is 2.60. The minimum absolute atomic E-state index is 0.225. The number of hydrogen-bond acceptors (Lipinski definition) is 1. The highest BCUT2D eigenvalue weighted by atomic mass is 15.0. The van der Waals surface area contributed by atoms with Crippen LogP contribution in [-0.2, 0) is 0 Å². The van der Waals surface area contributed by atoms with Crippen LogP contribution >= 0.6 is 0 Å². The van der Waals surface area contributed by atoms with E-state index in [1.165, 1.54) is 17.7 Å². The molecule has 0 fully saturated rings. The van der Waals surface area contributed by atoms with E-state index in [1.54, 1.807) is 0 Å². The average Bonchev–Trinajstić information content (AvgIpc) is 2.14. The standard InChI is InChI=1S/C14H21N/c1-10(2)12-9-14(3,4)15-13-8-6-5-7-11(12)13/h5-8,10,12,15H,9H2,1-4H3/t12-/m1/s1. The summed E-state index contributed by atoms with van der Waals surface area (Å²) in [5, 5.41) is 3.62. The van der Waals surface area contributed by atoms with Crippen LogP contribution in [0.1, 0.15) is 45.6 Å². The lowest BCUT2D eigenvalue weighted by molar-refractivity contribution is 0.369. The number of fused-ring (bicyclic) bond motifs is 1. The Labute approximate surface area is 92.9 Å². The summed E-state index contributed by atoms with van der Waals surface area (Å²) < 4.78 is 0. The number of anilines is 1. The van der Waals surface area contributed by atoms with Crippen molar-refractivity contribution in [3.63, 3.8) is 0 Å². The summed E-state index contributed by atoms with van der Waals surface area (Å²) in [7, 11) is 0. The van der Waals surface area contributed by atoms with Crippen molar-refractivity contribution in [3.05, 3.63) is 29.8 Å². The van der Waals surface area contributed by atoms with Crippen molar-refractivity contribution in [2.45, 2.75) is 45.6 Å². The molecule has 0 aromatic heterocycles. The zero-order valence-electron chi connectivity index (χ0n) is 10.2. The van der Waals surface area contributed by atoms with Crippen molar-refractivity contribution in [2.24, 2.45) is 5.92 Å². The minimum Gasteiger partial charge on any atom is -0.380 e. The van der Waals surface area contributed by atoms with Crippen LogP contribution in [0.5, 0.6) is 0 Å². The zero-order valence-corrected chi connectivity index (χ0v) is 10.2. The largest absolute Gasteiger partial charge is 0.380 e. The Bertz CT molecular complexity index is 352. The lowest BCUT2D eigenvalue weighted by atomic mass is 9.75. The molecule has 0 amide bonds. The van der Waals surface area contributed by atoms with E-state index in [-0.39, 0.29) is 5.54 Å². The molecule has 2 rings (SSSR count). The molecular weight excluding hydrogens is 182 g/mol. The van der Waals surface area contributed by atoms with E-state index in [0.717, 1.165) is 0 Å². The van der Waals surface area contributed by atoms with E-state index in [2.05, 4.69) is 57.3 Å². The topological polar surface area (TPSA) is 12.0 Å². The molecule has 0 unspecified atom stereocenters. The Balaban J connectivity index is 2.43. The summed E-state index contributed by atoms with van der Waals surface area (Å²) in [6, 6.07) is 8.73. The molecule has 1 nitrogen and oxygen atoms in total. The highest BCUT2D eigenvalue weighted by molar-refractivity contribution is 5.57. The lowest BCUT2D eigenvalue weighted by Gasteiger charge is -2.40. The second-order valence-electron chi connectivity index (χ2n) is 5.65. The van der Waals surface area contributed by atoms with E-state index < -0.39 is 0 Å². The maximum absolute atomic E-state index is 3.62. The normalized spacial score (nSPS) is 23.4. The fourth-order valence-electron chi connectivity index (χ4n) is 2.60. The van der Waals surface area contributed by atoms with Crippen molar-refractivity contribution >= 4 is 5.69 Å². The van der Waals surface area contributed by atoms with Crippen LogP contribution in [0.15, 0.2) is 24.3 Å². The molecule has 82 valence electrons. The van der Waals surface area contributed by atoms with Crippen LogP contribution in [0.25, 0.3) is 0 Å². The van der Waals surface area contributed by atoms with Gasteiger partial charge in [0.1, 0.15) is 0 Å². The summed E-state index contributed by atoms with van der Waals surface area (Å²) in [6.07, 6.45) is 1.22. The van der Waals surface area contributed by atoms with E-state index in [4.69, 9.17) is 0 Å². The molecule has 1 atom stereocenters. The predicted molar refractivity (Wildman–Crippen MR) is 66.3 cm³/mol. The first kappa shape index (κ1) is 10.5. The van der Waals surface area contributed by atoms with Gasteiger partial charge in [-0.3, -0.25) is 0 Å². The Morgan fingerprint density at radius 1 is 1.27 bits per heavy atom. The molecule has 0 saturated carbocycles. The summed E-state index contributed by atoms with van der Waals surface area (Å²) >= 11 is 0. The number of rotatable bonds is 1. The van der Waals surface area contributed by atoms with Crippen molar-refractivity contribution in [1.82, 2.24) is 0 Å². The summed E-state index contributed by atoms with van der Waals surface area (Å²) in [6.45, 7) is 9.22. The van der Waals surface area contributed by atoms with Gasteiger partial charge in [-0.05, 0) is 43.7 Å². The third-order valence-corrected chi connectivity index (χ3v) is 3.37. The molecule has 15 heavy (non-hydrogen) atoms. The molecule has 0 radical (unpaired) electrons. The predicted octanol–water partition coefficient (Wildman–Crippen LogP) is 4.02. The third-order valence-electron chi connectivity index (χ3n) is 3.37. The van der Waals surface area contributed by atoms with Crippen molar-refractivity contribution in [1.29, 1.82) is 0 Å². The van der Waals surface area contributed by atoms with Crippen LogP contribution in [-0.4, -0.2) is 5.54 Å². The van der Waals surface area contributed by atoms with Crippen LogP contribution in [0, 0.1) is 5.92 Å². The van der Waals surface area contributed by atoms with Gasteiger partial charge in [0.05, 0.1) is 0 Å². The Morgan fingerprint density at radius 3 is 2.60 bits per heavy atom. The quantitative estimate of drug-likeness (QED) is 0.727. The summed E-state index contributed by atoms with van der Waals surface area (Å²) in [4.78, 5) is 0. The molecule has 0 aliphatic carbocycles. The molecule has 1 aromatic carbocycles. The second kappa shape index (κ2) is 3.55. The van der Waals surface area contributed by atoms with Gasteiger partial charge in [0, 0.05) is 11.2 Å². The maximum Gasteiger partial charge on any atom is 0.0379 e. The van der Waals surface area contributed by atoms with Gasteiger partial charge < -0.3 is 5.32 Å². The molecule has 1 aliphatic heterocycles. The van der Waals surface area contributed by atoms with Crippen LogP contribution < -0.4 is 5.32 Å². The monoisotopic (exact) mass is 203 g/mol. The molecule has 1 N–H and O–H groups in total. The number of benzene rings is 1. The van der Waals surface area contributed by atoms with Crippen LogP contribution in [0.4, 0.5) is 5.69 Å². The Morgan fingerprint density at radius 2 is 1.93 bits per heavy atom. The van der Waals surface area contributed by atoms with Gasteiger partial charge in [-0.1, -0.05) is 32.0 Å². The molecule has 0 spiro atoms. The van der Waals surface area contributed by atoms with Crippen molar-refractivity contribution in [2.75, 3.05) is 5.32 Å². The van der Waals surface area contributed by atoms with E-state index in [0.29, 0.717) is 11.8 Å². The first-order valence-corrected chi connectivity index (χ1v) is 5.87. The summed E-state index contributed by atoms with van der Waals surface area (Å²) in [5.41, 5.74) is 3.04. The zero-order chi connectivity index (χ0) is 11.1. The Hall–Kier alpha value is -0.980. The smallest absolute Gasteiger partial charge is 0.0379 e. The van der Waals surface area contributed by atoms with Crippen LogP contribution in [0.3, 0.4) is 0 Å². The number of hydrogen-bond donors (Lipinski definition) is 1. The number of nitrogens with one attached hydrogen (secondary N) is 1. The van der Waals surface area contributed by atoms with Crippen molar-refractivity contribution in [3.8, 4) is 0 Å². The van der Waals surface area contributed by atoms with Gasteiger partial charge in [-0.15, -0.1) is 0 Å². The molecule has 1 aliphatic rings. The van der Waals surface area contributed by atoms with Gasteiger partial charge in [0.15, 0.2) is 0 Å². The minimum atomic E-state index is 0.225. The van der Waals surface area contributed by atoms with E-state index in [9.17, 15) is 0 Å². The number of para-hydroxylation sites is 1. The van der Waals surface area contributed by atoms with E-state index >= 15 is 0 Å². The third kappa shape index (κ3) is 2.01. The van der Waals surface area contributed by atoms with Gasteiger partial charge in [0.2, 0.25) is 0 Å². The first-order chi connectivity index (χ1) is 6.99. The Kier molecular flexibility index (Phi) is 2.49. The van der Waals surface area contributed by atoms with Gasteiger partial charge in [-0.2, -0.15) is 0 Å². The highest BCUT2D eigenvalue weighted by Gasteiger charge is 2.32. The van der Waals surface area contributed by atoms with Gasteiger partial charge in [-0.25, -0.2) is 0 Å². The van der Waals surface area contributed by atoms with Crippen LogP contribution in [0.2, 0.25) is 0 Å². The molecule has 0 bridgehead atoms. The summed E-state index contributed by atoms with van der Waals surface area (Å²) in [5.74, 6) is 1.41. The van der Waals surface area contributed by atoms with Gasteiger partial charge >= 0.3 is 0 Å². The fraction of sp³-hybridized carbons (Fsp3) is 0.571. The lowest BCUT2D eigenvalue weighted by Crippen LogP contribution is -2.38. The molecule has 1 aromatic rings. The SMILES string of the molecule is CC(C)[C@H]1CC(C)(C)Nc2ccccc21. The molecule has 0 saturated heterocycles. The van der Waals surface area contributed by atoms with E-state index in [1.807, 2.05) is 0 Å². The molecular formula is C14H21N. The second-order valence-corrected chi connectivity index (χ2v) is 5.65. The van der Waals surface area contributed by atoms with Gasteiger partial charge in [0.25, 0.3) is 0 Å². The molecule has 1 heteroatoms. The maximum atomic E-state index is 3.62. The highest BCUT2D eigenvalue weighted by Crippen LogP contribution is 2.42. The average molecular weight is 203 g/mol.